The Hall–Kier alpha value is -2.09. The third-order valence-corrected chi connectivity index (χ3v) is 2.69. The molecule has 1 N–H and O–H groups in total. The summed E-state index contributed by atoms with van der Waals surface area (Å²) in [5.41, 5.74) is -1.05. The van der Waals surface area contributed by atoms with Crippen molar-refractivity contribution in [1.29, 1.82) is 0 Å². The van der Waals surface area contributed by atoms with Crippen LogP contribution in [0.3, 0.4) is 0 Å². The van der Waals surface area contributed by atoms with E-state index < -0.39 is 22.7 Å². The van der Waals surface area contributed by atoms with Crippen molar-refractivity contribution in [2.45, 2.75) is 6.18 Å². The molecule has 0 aliphatic heterocycles. The highest BCUT2D eigenvalue weighted by atomic mass is 35.5. The summed E-state index contributed by atoms with van der Waals surface area (Å²) in [6.07, 6.45) is -3.39. The number of rotatable bonds is 2. The monoisotopic (exact) mass is 304 g/mol. The van der Waals surface area contributed by atoms with E-state index in [2.05, 4.69) is 15.5 Å². The lowest BCUT2D eigenvalue weighted by molar-refractivity contribution is -0.137. The molecule has 1 aromatic heterocycles. The van der Waals surface area contributed by atoms with Crippen LogP contribution in [0.2, 0.25) is 5.02 Å². The number of aryl methyl sites for hydroxylation is 1. The Morgan fingerprint density at radius 3 is 2.65 bits per heavy atom. The van der Waals surface area contributed by atoms with Crippen molar-refractivity contribution in [2.24, 2.45) is 7.05 Å². The third kappa shape index (κ3) is 3.08. The maximum Gasteiger partial charge on any atom is 0.417 e. The molecule has 9 heteroatoms. The second-order valence-electron chi connectivity index (χ2n) is 3.87. The molecule has 0 aliphatic rings. The third-order valence-electron chi connectivity index (χ3n) is 2.36. The van der Waals surface area contributed by atoms with E-state index in [0.29, 0.717) is 0 Å². The summed E-state index contributed by atoms with van der Waals surface area (Å²) in [5, 5.41) is 9.30. The highest BCUT2D eigenvalue weighted by Gasteiger charge is 2.33. The molecule has 20 heavy (non-hydrogen) atoms. The predicted molar refractivity (Wildman–Crippen MR) is 65.4 cm³/mol. The molecule has 1 amide bonds. The Morgan fingerprint density at radius 1 is 1.40 bits per heavy atom. The summed E-state index contributed by atoms with van der Waals surface area (Å²) in [6, 6.07) is 3.10. The molecule has 5 nitrogen and oxygen atoms in total. The number of carbonyl (C=O) groups excluding carboxylic acids is 1. The van der Waals surface area contributed by atoms with Gasteiger partial charge in [-0.15, -0.1) is 5.10 Å². The number of anilines is 1. The van der Waals surface area contributed by atoms with Crippen LogP contribution in [0.5, 0.6) is 0 Å². The normalized spacial score (nSPS) is 11.4. The van der Waals surface area contributed by atoms with E-state index in [9.17, 15) is 18.0 Å². The van der Waals surface area contributed by atoms with Gasteiger partial charge in [-0.1, -0.05) is 11.6 Å². The molecule has 0 atom stereocenters. The van der Waals surface area contributed by atoms with Gasteiger partial charge in [-0.25, -0.2) is 0 Å². The fourth-order valence-electron chi connectivity index (χ4n) is 1.47. The van der Waals surface area contributed by atoms with Gasteiger partial charge in [-0.05, 0) is 18.2 Å². The highest BCUT2D eigenvalue weighted by molar-refractivity contribution is 6.31. The summed E-state index contributed by atoms with van der Waals surface area (Å²) >= 11 is 5.48. The second kappa shape index (κ2) is 5.12. The SMILES string of the molecule is Cn1ncc(C(=O)Nc2ccc(Cl)c(C(F)(F)F)c2)n1. The summed E-state index contributed by atoms with van der Waals surface area (Å²) in [7, 11) is 1.51. The molecule has 1 aromatic carbocycles. The van der Waals surface area contributed by atoms with E-state index >= 15 is 0 Å². The van der Waals surface area contributed by atoms with Gasteiger partial charge < -0.3 is 5.32 Å². The number of amides is 1. The molecule has 0 spiro atoms. The van der Waals surface area contributed by atoms with Crippen molar-refractivity contribution in [3.63, 3.8) is 0 Å². The van der Waals surface area contributed by atoms with Gasteiger partial charge in [0.2, 0.25) is 0 Å². The fourth-order valence-corrected chi connectivity index (χ4v) is 1.69. The Bertz CT molecular complexity index is 653. The van der Waals surface area contributed by atoms with Crippen LogP contribution >= 0.6 is 11.6 Å². The Balaban J connectivity index is 2.24. The number of carbonyl (C=O) groups is 1. The van der Waals surface area contributed by atoms with Crippen LogP contribution in [0.25, 0.3) is 0 Å². The molecule has 0 fully saturated rings. The molecule has 0 saturated heterocycles. The summed E-state index contributed by atoms with van der Waals surface area (Å²) in [4.78, 5) is 12.9. The van der Waals surface area contributed by atoms with Crippen LogP contribution in [0.15, 0.2) is 24.4 Å². The molecule has 0 bridgehead atoms. The fraction of sp³-hybridized carbons (Fsp3) is 0.182. The largest absolute Gasteiger partial charge is 0.417 e. The first kappa shape index (κ1) is 14.3. The number of halogens is 4. The zero-order valence-electron chi connectivity index (χ0n) is 10.1. The van der Waals surface area contributed by atoms with Gasteiger partial charge in [-0.2, -0.15) is 23.1 Å². The lowest BCUT2D eigenvalue weighted by Gasteiger charge is -2.11. The van der Waals surface area contributed by atoms with E-state index in [4.69, 9.17) is 11.6 Å². The van der Waals surface area contributed by atoms with Gasteiger partial charge in [0.05, 0.1) is 16.8 Å². The number of aromatic nitrogens is 3. The van der Waals surface area contributed by atoms with Crippen molar-refractivity contribution in [1.82, 2.24) is 15.0 Å². The number of alkyl halides is 3. The van der Waals surface area contributed by atoms with Gasteiger partial charge in [0.1, 0.15) is 0 Å². The number of hydrogen-bond acceptors (Lipinski definition) is 3. The van der Waals surface area contributed by atoms with E-state index in [1.807, 2.05) is 0 Å². The minimum atomic E-state index is -4.59. The molecular weight excluding hydrogens is 297 g/mol. The van der Waals surface area contributed by atoms with E-state index in [-0.39, 0.29) is 11.4 Å². The van der Waals surface area contributed by atoms with Gasteiger partial charge >= 0.3 is 6.18 Å². The maximum absolute atomic E-state index is 12.7. The van der Waals surface area contributed by atoms with E-state index in [1.54, 1.807) is 0 Å². The minimum Gasteiger partial charge on any atom is -0.321 e. The van der Waals surface area contributed by atoms with Crippen molar-refractivity contribution >= 4 is 23.2 Å². The first-order valence-corrected chi connectivity index (χ1v) is 5.69. The molecule has 2 rings (SSSR count). The lowest BCUT2D eigenvalue weighted by atomic mass is 10.2. The van der Waals surface area contributed by atoms with Crippen molar-refractivity contribution < 1.29 is 18.0 Å². The maximum atomic E-state index is 12.7. The number of hydrogen-bond donors (Lipinski definition) is 1. The molecule has 0 radical (unpaired) electrons. The van der Waals surface area contributed by atoms with E-state index in [1.165, 1.54) is 19.3 Å². The molecule has 0 saturated carbocycles. The van der Waals surface area contributed by atoms with Gasteiger partial charge in [0.15, 0.2) is 5.69 Å². The molecular formula is C11H8ClF3N4O. The minimum absolute atomic E-state index is 0.00370. The van der Waals surface area contributed by atoms with Gasteiger partial charge in [-0.3, -0.25) is 4.79 Å². The van der Waals surface area contributed by atoms with Crippen LogP contribution in [0, 0.1) is 0 Å². The second-order valence-corrected chi connectivity index (χ2v) is 4.27. The molecule has 0 aliphatic carbocycles. The smallest absolute Gasteiger partial charge is 0.321 e. The number of nitrogens with one attached hydrogen (secondary N) is 1. The molecule has 106 valence electrons. The first-order chi connectivity index (χ1) is 9.27. The van der Waals surface area contributed by atoms with Crippen LogP contribution in [0.4, 0.5) is 18.9 Å². The zero-order chi connectivity index (χ0) is 14.9. The zero-order valence-corrected chi connectivity index (χ0v) is 10.8. The molecule has 2 aromatic rings. The van der Waals surface area contributed by atoms with Crippen LogP contribution in [0.1, 0.15) is 16.1 Å². The van der Waals surface area contributed by atoms with E-state index in [0.717, 1.165) is 16.9 Å². The average molecular weight is 305 g/mol. The number of nitrogens with zero attached hydrogens (tertiary/aromatic N) is 3. The van der Waals surface area contributed by atoms with Crippen molar-refractivity contribution in [3.8, 4) is 0 Å². The van der Waals surface area contributed by atoms with Crippen molar-refractivity contribution in [2.75, 3.05) is 5.32 Å². The summed E-state index contributed by atoms with van der Waals surface area (Å²) in [5.74, 6) is -0.659. The van der Waals surface area contributed by atoms with Crippen LogP contribution in [-0.4, -0.2) is 20.9 Å². The lowest BCUT2D eigenvalue weighted by Crippen LogP contribution is -2.14. The average Bonchev–Trinajstić information content (AvgIpc) is 2.77. The summed E-state index contributed by atoms with van der Waals surface area (Å²) in [6.45, 7) is 0. The topological polar surface area (TPSA) is 59.8 Å². The Kier molecular flexibility index (Phi) is 3.67. The summed E-state index contributed by atoms with van der Waals surface area (Å²) < 4.78 is 38.0. The van der Waals surface area contributed by atoms with Gasteiger partial charge in [0.25, 0.3) is 5.91 Å². The standard InChI is InChI=1S/C11H8ClF3N4O/c1-19-16-5-9(18-19)10(20)17-6-2-3-8(12)7(4-6)11(13,14)15/h2-5H,1H3,(H,17,20). The quantitative estimate of drug-likeness (QED) is 0.928. The highest BCUT2D eigenvalue weighted by Crippen LogP contribution is 2.36. The first-order valence-electron chi connectivity index (χ1n) is 5.32. The van der Waals surface area contributed by atoms with Gasteiger partial charge in [0, 0.05) is 12.7 Å². The number of benzene rings is 1. The Morgan fingerprint density at radius 2 is 2.10 bits per heavy atom. The predicted octanol–water partition coefficient (Wildman–Crippen LogP) is 2.74. The molecule has 0 unspecified atom stereocenters. The molecule has 1 heterocycles. The van der Waals surface area contributed by atoms with Crippen LogP contribution in [-0.2, 0) is 13.2 Å². The van der Waals surface area contributed by atoms with Crippen LogP contribution < -0.4 is 5.32 Å². The van der Waals surface area contributed by atoms with Crippen molar-refractivity contribution in [3.05, 3.63) is 40.7 Å². The Labute approximate surface area is 116 Å².